The zero-order chi connectivity index (χ0) is 15.4. The molecule has 1 aromatic rings. The normalized spacial score (nSPS) is 21.9. The maximum Gasteiger partial charge on any atom is 0.223 e. The number of halogens is 1. The topological polar surface area (TPSA) is 49.8 Å². The Kier molecular flexibility index (Phi) is 5.31. The van der Waals surface area contributed by atoms with Gasteiger partial charge < -0.3 is 14.7 Å². The van der Waals surface area contributed by atoms with E-state index < -0.39 is 6.10 Å². The van der Waals surface area contributed by atoms with E-state index in [0.29, 0.717) is 26.1 Å². The van der Waals surface area contributed by atoms with Gasteiger partial charge in [-0.25, -0.2) is 4.39 Å². The summed E-state index contributed by atoms with van der Waals surface area (Å²) in [5.41, 5.74) is 0.949. The Hall–Kier alpha value is -1.46. The monoisotopic (exact) mass is 295 g/mol. The van der Waals surface area contributed by atoms with E-state index in [-0.39, 0.29) is 23.7 Å². The van der Waals surface area contributed by atoms with Crippen molar-refractivity contribution >= 4 is 5.91 Å². The third-order valence-corrected chi connectivity index (χ3v) is 3.90. The van der Waals surface area contributed by atoms with Crippen LogP contribution in [0, 0.1) is 5.82 Å². The number of hydrogen-bond acceptors (Lipinski definition) is 3. The summed E-state index contributed by atoms with van der Waals surface area (Å²) in [6, 6.07) is 6.25. The van der Waals surface area contributed by atoms with Gasteiger partial charge in [-0.2, -0.15) is 0 Å². The van der Waals surface area contributed by atoms with Crippen molar-refractivity contribution in [2.24, 2.45) is 0 Å². The molecule has 1 N–H and O–H groups in total. The molecule has 1 aliphatic rings. The second-order valence-corrected chi connectivity index (χ2v) is 5.65. The first-order valence-electron chi connectivity index (χ1n) is 7.30. The predicted octanol–water partition coefficient (Wildman–Crippen LogP) is 1.93. The van der Waals surface area contributed by atoms with Gasteiger partial charge in [-0.05, 0) is 30.5 Å². The lowest BCUT2D eigenvalue weighted by Gasteiger charge is -2.34. The van der Waals surface area contributed by atoms with E-state index in [9.17, 15) is 14.3 Å². The van der Waals surface area contributed by atoms with Crippen molar-refractivity contribution in [3.05, 3.63) is 35.6 Å². The van der Waals surface area contributed by atoms with Crippen LogP contribution in [-0.2, 0) is 9.53 Å². The number of carbonyl (C=O) groups is 1. The van der Waals surface area contributed by atoms with Gasteiger partial charge in [0.05, 0.1) is 12.7 Å². The summed E-state index contributed by atoms with van der Waals surface area (Å²) in [5, 5.41) is 9.56. The molecule has 5 heteroatoms. The van der Waals surface area contributed by atoms with Crippen molar-refractivity contribution in [3.8, 4) is 0 Å². The first kappa shape index (κ1) is 15.9. The van der Waals surface area contributed by atoms with Gasteiger partial charge in [0.1, 0.15) is 11.9 Å². The van der Waals surface area contributed by atoms with Gasteiger partial charge in [-0.1, -0.05) is 19.1 Å². The quantitative estimate of drug-likeness (QED) is 0.923. The van der Waals surface area contributed by atoms with Crippen molar-refractivity contribution in [1.82, 2.24) is 4.90 Å². The van der Waals surface area contributed by atoms with Gasteiger partial charge in [-0.15, -0.1) is 0 Å². The minimum Gasteiger partial charge on any atom is -0.391 e. The standard InChI is InChI=1S/C16H22FNO3/c1-11(13-3-5-14(17)6-4-13)9-16(20)18-7-8-21-15(10-18)12(2)19/h3-6,11-12,15,19H,7-10H2,1-2H3/t11-,12-,15-/m1/s1. The highest BCUT2D eigenvalue weighted by Gasteiger charge is 2.27. The summed E-state index contributed by atoms with van der Waals surface area (Å²) in [4.78, 5) is 14.1. The zero-order valence-electron chi connectivity index (χ0n) is 12.5. The van der Waals surface area contributed by atoms with E-state index in [1.807, 2.05) is 6.92 Å². The number of benzene rings is 1. The smallest absolute Gasteiger partial charge is 0.223 e. The average molecular weight is 295 g/mol. The number of aliphatic hydroxyl groups is 1. The largest absolute Gasteiger partial charge is 0.391 e. The van der Waals surface area contributed by atoms with Gasteiger partial charge in [0.2, 0.25) is 5.91 Å². The van der Waals surface area contributed by atoms with E-state index in [1.165, 1.54) is 12.1 Å². The van der Waals surface area contributed by atoms with Crippen LogP contribution in [0.25, 0.3) is 0 Å². The molecule has 1 saturated heterocycles. The SMILES string of the molecule is C[C@H](CC(=O)N1CCO[C@@H]([C@@H](C)O)C1)c1ccc(F)cc1. The molecule has 1 aliphatic heterocycles. The second kappa shape index (κ2) is 7.00. The molecule has 21 heavy (non-hydrogen) atoms. The Morgan fingerprint density at radius 3 is 2.71 bits per heavy atom. The van der Waals surface area contributed by atoms with E-state index in [1.54, 1.807) is 24.0 Å². The average Bonchev–Trinajstić information content (AvgIpc) is 2.48. The molecule has 0 aliphatic carbocycles. The molecule has 3 atom stereocenters. The van der Waals surface area contributed by atoms with Gasteiger partial charge >= 0.3 is 0 Å². The molecule has 2 rings (SSSR count). The number of hydrogen-bond donors (Lipinski definition) is 1. The minimum atomic E-state index is -0.588. The Labute approximate surface area is 124 Å². The Bertz CT molecular complexity index is 475. The Balaban J connectivity index is 1.92. The number of aliphatic hydroxyl groups excluding tert-OH is 1. The van der Waals surface area contributed by atoms with Crippen molar-refractivity contribution in [2.75, 3.05) is 19.7 Å². The van der Waals surface area contributed by atoms with Crippen LogP contribution in [0.5, 0.6) is 0 Å². The Morgan fingerprint density at radius 2 is 2.10 bits per heavy atom. The van der Waals surface area contributed by atoms with Crippen LogP contribution >= 0.6 is 0 Å². The lowest BCUT2D eigenvalue weighted by Crippen LogP contribution is -2.49. The van der Waals surface area contributed by atoms with E-state index in [0.717, 1.165) is 5.56 Å². The number of amides is 1. The van der Waals surface area contributed by atoms with Gasteiger partial charge in [0, 0.05) is 19.5 Å². The molecule has 116 valence electrons. The van der Waals surface area contributed by atoms with Crippen LogP contribution in [0.4, 0.5) is 4.39 Å². The highest BCUT2D eigenvalue weighted by Crippen LogP contribution is 2.21. The van der Waals surface area contributed by atoms with Crippen LogP contribution in [0.2, 0.25) is 0 Å². The lowest BCUT2D eigenvalue weighted by molar-refractivity contribution is -0.143. The van der Waals surface area contributed by atoms with Crippen molar-refractivity contribution in [1.29, 1.82) is 0 Å². The fourth-order valence-electron chi connectivity index (χ4n) is 2.49. The van der Waals surface area contributed by atoms with Crippen LogP contribution in [0.1, 0.15) is 31.7 Å². The maximum absolute atomic E-state index is 12.9. The summed E-state index contributed by atoms with van der Waals surface area (Å²) >= 11 is 0. The molecule has 0 bridgehead atoms. The van der Waals surface area contributed by atoms with Crippen LogP contribution in [0.15, 0.2) is 24.3 Å². The first-order chi connectivity index (χ1) is 9.97. The van der Waals surface area contributed by atoms with E-state index >= 15 is 0 Å². The van der Waals surface area contributed by atoms with Crippen molar-refractivity contribution in [3.63, 3.8) is 0 Å². The highest BCUT2D eigenvalue weighted by atomic mass is 19.1. The highest BCUT2D eigenvalue weighted by molar-refractivity contribution is 5.77. The molecule has 1 fully saturated rings. The van der Waals surface area contributed by atoms with Gasteiger partial charge in [0.25, 0.3) is 0 Å². The van der Waals surface area contributed by atoms with E-state index in [4.69, 9.17) is 4.74 Å². The van der Waals surface area contributed by atoms with Crippen molar-refractivity contribution in [2.45, 2.75) is 38.4 Å². The fraction of sp³-hybridized carbons (Fsp3) is 0.562. The zero-order valence-corrected chi connectivity index (χ0v) is 12.5. The molecule has 0 saturated carbocycles. The number of ether oxygens (including phenoxy) is 1. The molecule has 0 spiro atoms. The third-order valence-electron chi connectivity index (χ3n) is 3.90. The number of rotatable bonds is 4. The lowest BCUT2D eigenvalue weighted by atomic mass is 9.97. The molecular formula is C16H22FNO3. The number of nitrogens with zero attached hydrogens (tertiary/aromatic N) is 1. The van der Waals surface area contributed by atoms with Crippen LogP contribution < -0.4 is 0 Å². The predicted molar refractivity (Wildman–Crippen MR) is 77.4 cm³/mol. The molecule has 1 amide bonds. The van der Waals surface area contributed by atoms with Crippen molar-refractivity contribution < 1.29 is 19.0 Å². The first-order valence-corrected chi connectivity index (χ1v) is 7.30. The van der Waals surface area contributed by atoms with Crippen LogP contribution in [-0.4, -0.2) is 47.8 Å². The maximum atomic E-state index is 12.9. The minimum absolute atomic E-state index is 0.0333. The summed E-state index contributed by atoms with van der Waals surface area (Å²) in [6.07, 6.45) is -0.531. The Morgan fingerprint density at radius 1 is 1.43 bits per heavy atom. The van der Waals surface area contributed by atoms with Gasteiger partial charge in [-0.3, -0.25) is 4.79 Å². The second-order valence-electron chi connectivity index (χ2n) is 5.65. The molecule has 4 nitrogen and oxygen atoms in total. The number of morpholine rings is 1. The molecular weight excluding hydrogens is 273 g/mol. The molecule has 0 unspecified atom stereocenters. The van der Waals surface area contributed by atoms with Gasteiger partial charge in [0.15, 0.2) is 0 Å². The fourth-order valence-corrected chi connectivity index (χ4v) is 2.49. The molecule has 1 aromatic carbocycles. The number of carbonyl (C=O) groups excluding carboxylic acids is 1. The molecule has 0 radical (unpaired) electrons. The summed E-state index contributed by atoms with van der Waals surface area (Å²) in [5.74, 6) is -0.197. The summed E-state index contributed by atoms with van der Waals surface area (Å²) in [6.45, 7) is 5.05. The molecule has 0 aromatic heterocycles. The van der Waals surface area contributed by atoms with Crippen LogP contribution in [0.3, 0.4) is 0 Å². The molecule has 1 heterocycles. The summed E-state index contributed by atoms with van der Waals surface area (Å²) in [7, 11) is 0. The third kappa shape index (κ3) is 4.25. The summed E-state index contributed by atoms with van der Waals surface area (Å²) < 4.78 is 18.3. The van der Waals surface area contributed by atoms with E-state index in [2.05, 4.69) is 0 Å².